The molecule has 0 fully saturated rings. The second-order valence-corrected chi connectivity index (χ2v) is 13.2. The van der Waals surface area contributed by atoms with Gasteiger partial charge in [0.1, 0.15) is 5.01 Å². The molecule has 2 heterocycles. The van der Waals surface area contributed by atoms with Crippen molar-refractivity contribution < 1.29 is 14.6 Å². The van der Waals surface area contributed by atoms with Gasteiger partial charge in [0.25, 0.3) is 0 Å². The molecule has 0 spiro atoms. The first-order valence-corrected chi connectivity index (χ1v) is 14.8. The number of fused-ring (bicyclic) bond motifs is 1. The minimum Gasteiger partial charge on any atom is -0.479 e. The van der Waals surface area contributed by atoms with Crippen molar-refractivity contribution in [1.82, 2.24) is 14.8 Å². The molecule has 8 heteroatoms. The van der Waals surface area contributed by atoms with Gasteiger partial charge in [-0.05, 0) is 74.6 Å². The molecule has 2 aromatic heterocycles. The lowest BCUT2D eigenvalue weighted by molar-refractivity contribution is -0.160. The number of benzene rings is 3. The van der Waals surface area contributed by atoms with Crippen LogP contribution in [0.4, 0.5) is 0 Å². The van der Waals surface area contributed by atoms with E-state index in [1.54, 1.807) is 11.3 Å². The number of ether oxygens (including phenoxy) is 1. The molecule has 0 saturated carbocycles. The highest BCUT2D eigenvalue weighted by Crippen LogP contribution is 2.44. The van der Waals surface area contributed by atoms with Gasteiger partial charge in [-0.1, -0.05) is 55.8 Å². The fraction of sp³-hybridized carbons (Fsp3) is 0.303. The SMILES string of the molecule is Cc1cc2nc(-c3cccc(-c4cnn(CC(C)C)c4)c3)sc2c(-c2ccc(Cl)cc2)c1C(OC(C)(C)C)C(=O)O. The first kappa shape index (κ1) is 29.0. The number of hydrogen-bond donors (Lipinski definition) is 1. The molecule has 1 atom stereocenters. The summed E-state index contributed by atoms with van der Waals surface area (Å²) >= 11 is 7.78. The van der Waals surface area contributed by atoms with Crippen LogP contribution in [0.1, 0.15) is 51.8 Å². The molecule has 0 aliphatic heterocycles. The van der Waals surface area contributed by atoms with Crippen LogP contribution >= 0.6 is 22.9 Å². The Morgan fingerprint density at radius 2 is 1.76 bits per heavy atom. The average Bonchev–Trinajstić information content (AvgIpc) is 3.53. The van der Waals surface area contributed by atoms with Crippen molar-refractivity contribution in [2.24, 2.45) is 5.92 Å². The van der Waals surface area contributed by atoms with Crippen molar-refractivity contribution in [3.63, 3.8) is 0 Å². The van der Waals surface area contributed by atoms with E-state index >= 15 is 0 Å². The Hall–Kier alpha value is -3.52. The summed E-state index contributed by atoms with van der Waals surface area (Å²) in [5.74, 6) is -0.525. The standard InChI is InChI=1S/C33H34ClN3O3S/c1-19(2)17-37-18-24(16-35-37)22-8-7-9-23(15-22)31-36-26-14-20(3)27(29(32(38)39)40-33(4,5)6)28(30(26)41-31)21-10-12-25(34)13-11-21/h7-16,18-19,29H,17H2,1-6H3,(H,38,39). The second kappa shape index (κ2) is 11.4. The summed E-state index contributed by atoms with van der Waals surface area (Å²) in [7, 11) is 0. The summed E-state index contributed by atoms with van der Waals surface area (Å²) in [4.78, 5) is 17.6. The first-order valence-electron chi connectivity index (χ1n) is 13.6. The van der Waals surface area contributed by atoms with E-state index in [0.29, 0.717) is 16.5 Å². The van der Waals surface area contributed by atoms with Gasteiger partial charge >= 0.3 is 5.97 Å². The van der Waals surface area contributed by atoms with E-state index in [1.807, 2.05) is 75.0 Å². The zero-order chi connectivity index (χ0) is 29.5. The minimum absolute atomic E-state index is 0.509. The van der Waals surface area contributed by atoms with Gasteiger partial charge in [-0.2, -0.15) is 5.10 Å². The summed E-state index contributed by atoms with van der Waals surface area (Å²) in [5, 5.41) is 16.3. The van der Waals surface area contributed by atoms with Crippen LogP contribution in [0.3, 0.4) is 0 Å². The molecule has 0 saturated heterocycles. The maximum atomic E-state index is 12.6. The summed E-state index contributed by atoms with van der Waals surface area (Å²) < 4.78 is 9.02. The van der Waals surface area contributed by atoms with Gasteiger partial charge in [-0.15, -0.1) is 11.3 Å². The first-order chi connectivity index (χ1) is 19.4. The van der Waals surface area contributed by atoms with Gasteiger partial charge < -0.3 is 9.84 Å². The lowest BCUT2D eigenvalue weighted by Crippen LogP contribution is -2.28. The predicted molar refractivity (Wildman–Crippen MR) is 168 cm³/mol. The third-order valence-electron chi connectivity index (χ3n) is 6.65. The van der Waals surface area contributed by atoms with E-state index in [4.69, 9.17) is 21.3 Å². The number of nitrogens with zero attached hydrogens (tertiary/aromatic N) is 3. The molecule has 0 radical (unpaired) electrons. The van der Waals surface area contributed by atoms with E-state index in [1.165, 1.54) is 0 Å². The molecule has 212 valence electrons. The lowest BCUT2D eigenvalue weighted by atomic mass is 9.91. The molecular formula is C33H34ClN3O3S. The fourth-order valence-corrected chi connectivity index (χ4v) is 6.23. The average molecular weight is 588 g/mol. The van der Waals surface area contributed by atoms with Gasteiger partial charge in [0.2, 0.25) is 0 Å². The smallest absolute Gasteiger partial charge is 0.337 e. The number of carboxylic acid groups (broad SMARTS) is 1. The monoisotopic (exact) mass is 587 g/mol. The van der Waals surface area contributed by atoms with E-state index in [-0.39, 0.29) is 0 Å². The van der Waals surface area contributed by atoms with Crippen LogP contribution in [0.5, 0.6) is 0 Å². The van der Waals surface area contributed by atoms with Crippen molar-refractivity contribution >= 4 is 39.1 Å². The molecule has 0 bridgehead atoms. The maximum absolute atomic E-state index is 12.6. The number of aryl methyl sites for hydroxylation is 1. The number of carboxylic acids is 1. The Balaban J connectivity index is 1.67. The van der Waals surface area contributed by atoms with Crippen molar-refractivity contribution in [1.29, 1.82) is 0 Å². The number of aliphatic carboxylic acids is 1. The maximum Gasteiger partial charge on any atom is 0.337 e. The van der Waals surface area contributed by atoms with Crippen LogP contribution in [0.25, 0.3) is 43.0 Å². The molecular weight excluding hydrogens is 554 g/mol. The molecule has 6 nitrogen and oxygen atoms in total. The fourth-order valence-electron chi connectivity index (χ4n) is 4.98. The Labute approximate surface area is 249 Å². The zero-order valence-electron chi connectivity index (χ0n) is 24.1. The molecule has 0 aliphatic carbocycles. The molecule has 3 aromatic carbocycles. The van der Waals surface area contributed by atoms with Crippen LogP contribution in [0, 0.1) is 12.8 Å². The third-order valence-corrected chi connectivity index (χ3v) is 8.04. The number of halogens is 1. The summed E-state index contributed by atoms with van der Waals surface area (Å²) in [6.45, 7) is 12.7. The number of thiazole rings is 1. The highest BCUT2D eigenvalue weighted by atomic mass is 35.5. The normalized spacial score (nSPS) is 12.8. The van der Waals surface area contributed by atoms with Gasteiger partial charge in [0, 0.05) is 40.0 Å². The van der Waals surface area contributed by atoms with Gasteiger partial charge in [0.05, 0.1) is 22.0 Å². The Kier molecular flexibility index (Phi) is 8.06. The van der Waals surface area contributed by atoms with Crippen LogP contribution < -0.4 is 0 Å². The van der Waals surface area contributed by atoms with Crippen LogP contribution in [0.2, 0.25) is 5.02 Å². The van der Waals surface area contributed by atoms with E-state index < -0.39 is 17.7 Å². The molecule has 0 amide bonds. The van der Waals surface area contributed by atoms with Crippen molar-refractivity contribution in [2.75, 3.05) is 0 Å². The Morgan fingerprint density at radius 3 is 2.41 bits per heavy atom. The van der Waals surface area contributed by atoms with Gasteiger partial charge in [-0.3, -0.25) is 4.68 Å². The highest BCUT2D eigenvalue weighted by molar-refractivity contribution is 7.22. The molecule has 1 unspecified atom stereocenters. The number of aromatic nitrogens is 3. The van der Waals surface area contributed by atoms with Gasteiger partial charge in [-0.25, -0.2) is 9.78 Å². The Bertz CT molecular complexity index is 1710. The summed E-state index contributed by atoms with van der Waals surface area (Å²) in [6, 6.07) is 17.7. The topological polar surface area (TPSA) is 77.2 Å². The number of carbonyl (C=O) groups is 1. The molecule has 5 rings (SSSR count). The van der Waals surface area contributed by atoms with Crippen LogP contribution in [-0.4, -0.2) is 31.4 Å². The minimum atomic E-state index is -1.15. The van der Waals surface area contributed by atoms with Crippen molar-refractivity contribution in [3.8, 4) is 32.8 Å². The highest BCUT2D eigenvalue weighted by Gasteiger charge is 2.32. The third kappa shape index (κ3) is 6.38. The summed E-state index contributed by atoms with van der Waals surface area (Å²) in [6.07, 6.45) is 2.82. The van der Waals surface area contributed by atoms with E-state index in [9.17, 15) is 9.90 Å². The molecule has 1 N–H and O–H groups in total. The van der Waals surface area contributed by atoms with Crippen molar-refractivity contribution in [3.05, 3.63) is 83.1 Å². The van der Waals surface area contributed by atoms with E-state index in [2.05, 4.69) is 43.3 Å². The largest absolute Gasteiger partial charge is 0.479 e. The quantitative estimate of drug-likeness (QED) is 0.196. The van der Waals surface area contributed by atoms with E-state index in [0.717, 1.165) is 55.1 Å². The van der Waals surface area contributed by atoms with Gasteiger partial charge in [0.15, 0.2) is 6.10 Å². The second-order valence-electron chi connectivity index (χ2n) is 11.7. The zero-order valence-corrected chi connectivity index (χ0v) is 25.7. The Morgan fingerprint density at radius 1 is 1.05 bits per heavy atom. The summed E-state index contributed by atoms with van der Waals surface area (Å²) in [5.41, 5.74) is 6.36. The molecule has 0 aliphatic rings. The molecule has 5 aromatic rings. The predicted octanol–water partition coefficient (Wildman–Crippen LogP) is 9.05. The lowest BCUT2D eigenvalue weighted by Gasteiger charge is -2.28. The van der Waals surface area contributed by atoms with Crippen LogP contribution in [-0.2, 0) is 16.1 Å². The molecule has 41 heavy (non-hydrogen) atoms. The van der Waals surface area contributed by atoms with Crippen LogP contribution in [0.15, 0.2) is 67.0 Å². The number of hydrogen-bond acceptors (Lipinski definition) is 5. The van der Waals surface area contributed by atoms with Crippen molar-refractivity contribution in [2.45, 2.75) is 59.8 Å². The number of rotatable bonds is 8.